The van der Waals surface area contributed by atoms with Crippen LogP contribution in [0.4, 0.5) is 11.6 Å². The van der Waals surface area contributed by atoms with Crippen molar-refractivity contribution in [3.05, 3.63) is 192 Å². The van der Waals surface area contributed by atoms with Crippen LogP contribution in [-0.2, 0) is 66.2 Å². The number of anilines is 2. The molecule has 0 saturated carbocycles. The number of nitrogens with zero attached hydrogens (tertiary/aromatic N) is 7. The van der Waals surface area contributed by atoms with Gasteiger partial charge < -0.3 is 45.0 Å². The summed E-state index contributed by atoms with van der Waals surface area (Å²) in [5.41, 5.74) is 17.0. The summed E-state index contributed by atoms with van der Waals surface area (Å²) in [5, 5.41) is 30.8. The zero-order chi connectivity index (χ0) is 46.1. The maximum atomic E-state index is 11.7. The van der Waals surface area contributed by atoms with Gasteiger partial charge in [0.25, 0.3) is 0 Å². The Hall–Kier alpha value is -7.07. The van der Waals surface area contributed by atoms with Crippen LogP contribution in [0, 0.1) is 11.3 Å². The Kier molecular flexibility index (Phi) is 16.5. The first-order valence-corrected chi connectivity index (χ1v) is 22.0. The van der Waals surface area contributed by atoms with Crippen LogP contribution in [0.25, 0.3) is 11.0 Å². The Morgan fingerprint density at radius 3 is 1.45 bits per heavy atom. The molecule has 4 aromatic carbocycles. The summed E-state index contributed by atoms with van der Waals surface area (Å²) in [6.45, 7) is 2.29. The highest BCUT2D eigenvalue weighted by molar-refractivity contribution is 5.66. The van der Waals surface area contributed by atoms with Gasteiger partial charge in [-0.05, 0) is 46.5 Å². The number of nitriles is 1. The Morgan fingerprint density at radius 2 is 0.971 bits per heavy atom. The highest BCUT2D eigenvalue weighted by Crippen LogP contribution is 2.43. The molecule has 2 unspecified atom stereocenters. The fraction of sp³-hybridized carbons (Fsp3) is 0.302. The van der Waals surface area contributed by atoms with Gasteiger partial charge >= 0.3 is 0 Å². The monoisotopic (exact) mass is 933 g/mol. The first-order valence-electron chi connectivity index (χ1n) is 22.0. The minimum Gasteiger partial charge on any atom is -0.382 e. The first kappa shape index (κ1) is 49.8. The quantitative estimate of drug-likeness (QED) is 0.0840. The van der Waals surface area contributed by atoms with E-state index in [0.29, 0.717) is 86.5 Å². The van der Waals surface area contributed by atoms with E-state index in [9.17, 15) is 10.4 Å². The number of hydrogen-bond acceptors (Lipinski definition) is 14. The molecule has 358 valence electrons. The fourth-order valence-electron chi connectivity index (χ4n) is 8.51. The number of fused-ring (bicyclic) bond motifs is 2. The lowest BCUT2D eigenvalue weighted by atomic mass is 9.94. The fourth-order valence-corrected chi connectivity index (χ4v) is 8.51. The van der Waals surface area contributed by atoms with E-state index in [4.69, 9.17) is 39.9 Å². The van der Waals surface area contributed by atoms with Crippen LogP contribution in [-0.4, -0.2) is 71.9 Å². The van der Waals surface area contributed by atoms with Gasteiger partial charge in [-0.1, -0.05) is 136 Å². The predicted octanol–water partition coefficient (Wildman–Crippen LogP) is 7.94. The van der Waals surface area contributed by atoms with E-state index >= 15 is 0 Å². The molecule has 4 aromatic heterocycles. The summed E-state index contributed by atoms with van der Waals surface area (Å²) in [7, 11) is 0. The van der Waals surface area contributed by atoms with E-state index in [-0.39, 0.29) is 27.1 Å². The highest BCUT2D eigenvalue weighted by Gasteiger charge is 2.54. The summed E-state index contributed by atoms with van der Waals surface area (Å²) in [6.07, 6.45) is 1.85. The number of aromatic nitrogens is 6. The molecule has 16 heteroatoms. The number of nitrogens with two attached hydrogens (primary N) is 2. The molecule has 10 rings (SSSR count). The van der Waals surface area contributed by atoms with Crippen molar-refractivity contribution in [3.8, 4) is 6.07 Å². The average molecular weight is 934 g/mol. The van der Waals surface area contributed by atoms with Crippen LogP contribution in [0.5, 0.6) is 0 Å². The molecule has 16 nitrogen and oxygen atoms in total. The smallest absolute Gasteiger partial charge is 0.237 e. The summed E-state index contributed by atoms with van der Waals surface area (Å²) in [4.78, 5) is 8.07. The van der Waals surface area contributed by atoms with E-state index in [1.807, 2.05) is 121 Å². The molecule has 8 aromatic rings. The first-order chi connectivity index (χ1) is 32.8. The van der Waals surface area contributed by atoms with Crippen molar-refractivity contribution in [2.45, 2.75) is 89.9 Å². The van der Waals surface area contributed by atoms with Crippen molar-refractivity contribution in [1.82, 2.24) is 29.2 Å². The average Bonchev–Trinajstić information content (AvgIpc) is 4.16. The van der Waals surface area contributed by atoms with Gasteiger partial charge in [-0.3, -0.25) is 0 Å². The topological polar surface area (TPSA) is 212 Å². The van der Waals surface area contributed by atoms with Gasteiger partial charge in [-0.15, -0.1) is 0 Å². The SMILES string of the molecule is C.C.N#CC1(c2ccc3c(N)ncnn23)O[C@H](COCc2ccccc2)C[C@H]1OCc1ccccc1.Nc1ncnn2c(C3(O)O[C@H](COCc4ccccc4)C[C@H]3OCc3ccccc3)ccc12. The van der Waals surface area contributed by atoms with Crippen molar-refractivity contribution in [3.63, 3.8) is 0 Å². The summed E-state index contributed by atoms with van der Waals surface area (Å²) in [6, 6.07) is 49.1. The molecular formula is C53H59N9O7. The third-order valence-corrected chi connectivity index (χ3v) is 11.8. The molecule has 5 N–H and O–H groups in total. The van der Waals surface area contributed by atoms with Gasteiger partial charge in [0, 0.05) is 12.8 Å². The molecule has 0 spiro atoms. The number of nitrogen functional groups attached to an aromatic ring is 2. The van der Waals surface area contributed by atoms with Crippen molar-refractivity contribution in [2.24, 2.45) is 0 Å². The second-order valence-electron chi connectivity index (χ2n) is 16.4. The van der Waals surface area contributed by atoms with Crippen LogP contribution in [0.2, 0.25) is 0 Å². The number of ether oxygens (including phenoxy) is 6. The molecule has 2 fully saturated rings. The predicted molar refractivity (Wildman–Crippen MR) is 261 cm³/mol. The molecule has 0 bridgehead atoms. The molecule has 6 atom stereocenters. The molecule has 0 aliphatic carbocycles. The van der Waals surface area contributed by atoms with Gasteiger partial charge in [-0.25, -0.2) is 19.0 Å². The van der Waals surface area contributed by atoms with E-state index in [2.05, 4.69) is 26.2 Å². The van der Waals surface area contributed by atoms with Crippen molar-refractivity contribution in [1.29, 1.82) is 5.26 Å². The molecular weight excluding hydrogens is 875 g/mol. The standard InChI is InChI=1S/C26H25N5O3.C25H26N4O4.2CH4/c27-17-26(23-12-11-22-25(28)29-18-30-31(22)23)24(33-15-20-9-5-2-6-10-20)13-21(34-26)16-32-14-19-7-3-1-4-8-19;26-24-21-11-12-22(29(21)28-17-27-24)25(30)23(32-15-19-9-5-2-6-10-19)13-20(33-25)16-31-14-18-7-3-1-4-8-18;;/h1-12,18,21,24H,13-16H2,(H2,28,29,30);1-12,17,20,23,30H,13-16H2,(H2,26,27,28);2*1H4/t21-,24+,26?;20-,23+,25?;;/m00../s1. The zero-order valence-corrected chi connectivity index (χ0v) is 36.7. The maximum absolute atomic E-state index is 11.7. The highest BCUT2D eigenvalue weighted by atomic mass is 16.7. The van der Waals surface area contributed by atoms with E-state index in [0.717, 1.165) is 22.3 Å². The second-order valence-corrected chi connectivity index (χ2v) is 16.4. The Labute approximate surface area is 402 Å². The molecule has 0 radical (unpaired) electrons. The largest absolute Gasteiger partial charge is 0.382 e. The second kappa shape index (κ2) is 22.8. The Morgan fingerprint density at radius 1 is 0.565 bits per heavy atom. The van der Waals surface area contributed by atoms with Crippen LogP contribution < -0.4 is 11.5 Å². The lowest BCUT2D eigenvalue weighted by molar-refractivity contribution is -0.254. The van der Waals surface area contributed by atoms with Gasteiger partial charge in [-0.2, -0.15) is 15.5 Å². The number of hydrogen-bond donors (Lipinski definition) is 3. The van der Waals surface area contributed by atoms with Crippen LogP contribution in [0.3, 0.4) is 0 Å². The minimum absolute atomic E-state index is 0. The van der Waals surface area contributed by atoms with E-state index < -0.39 is 23.6 Å². The van der Waals surface area contributed by atoms with Gasteiger partial charge in [0.05, 0.1) is 57.5 Å². The maximum Gasteiger partial charge on any atom is 0.237 e. The molecule has 0 amide bonds. The van der Waals surface area contributed by atoms with E-state index in [1.165, 1.54) is 12.7 Å². The summed E-state index contributed by atoms with van der Waals surface area (Å²) >= 11 is 0. The number of aliphatic hydroxyl groups is 1. The van der Waals surface area contributed by atoms with Crippen molar-refractivity contribution in [2.75, 3.05) is 24.7 Å². The summed E-state index contributed by atoms with van der Waals surface area (Å²) in [5.74, 6) is -1.07. The third-order valence-electron chi connectivity index (χ3n) is 11.8. The lowest BCUT2D eigenvalue weighted by Gasteiger charge is -2.28. The lowest BCUT2D eigenvalue weighted by Crippen LogP contribution is -2.39. The van der Waals surface area contributed by atoms with Crippen LogP contribution >= 0.6 is 0 Å². The number of benzene rings is 4. The minimum atomic E-state index is -1.72. The van der Waals surface area contributed by atoms with Crippen molar-refractivity contribution >= 4 is 22.7 Å². The van der Waals surface area contributed by atoms with Gasteiger partial charge in [0.1, 0.15) is 47.7 Å². The van der Waals surface area contributed by atoms with Crippen LogP contribution in [0.1, 0.15) is 61.3 Å². The Bertz CT molecular complexity index is 2880. The molecule has 2 aliphatic heterocycles. The number of rotatable bonds is 16. The van der Waals surface area contributed by atoms with Crippen LogP contribution in [0.15, 0.2) is 158 Å². The Balaban J connectivity index is 0.000000198. The molecule has 2 aliphatic rings. The third kappa shape index (κ3) is 11.1. The normalized spacial score (nSPS) is 21.7. The van der Waals surface area contributed by atoms with Gasteiger partial charge in [0.2, 0.25) is 11.4 Å². The van der Waals surface area contributed by atoms with E-state index in [1.54, 1.807) is 33.3 Å². The molecule has 2 saturated heterocycles. The zero-order valence-electron chi connectivity index (χ0n) is 36.7. The molecule has 69 heavy (non-hydrogen) atoms. The van der Waals surface area contributed by atoms with Crippen molar-refractivity contribution < 1.29 is 33.5 Å². The van der Waals surface area contributed by atoms with Gasteiger partial charge in [0.15, 0.2) is 11.6 Å². The summed E-state index contributed by atoms with van der Waals surface area (Å²) < 4.78 is 40.0. The molecule has 6 heterocycles.